The topological polar surface area (TPSA) is 56.3 Å². The van der Waals surface area contributed by atoms with Crippen molar-refractivity contribution in [2.45, 2.75) is 33.8 Å². The number of Topliss-reactive ketones (excluding diaryl/α,β-unsaturated/α-hetero) is 1. The maximum absolute atomic E-state index is 12.3. The van der Waals surface area contributed by atoms with Crippen molar-refractivity contribution in [3.8, 4) is 0 Å². The molecule has 1 unspecified atom stereocenters. The van der Waals surface area contributed by atoms with Crippen LogP contribution in [0.4, 0.5) is 0 Å². The molecular formula is C18H19NO3. The number of pyridine rings is 1. The summed E-state index contributed by atoms with van der Waals surface area (Å²) in [4.78, 5) is 28.4. The van der Waals surface area contributed by atoms with Crippen molar-refractivity contribution in [1.29, 1.82) is 0 Å². The fourth-order valence-electron chi connectivity index (χ4n) is 2.00. The number of hydrogen-bond acceptors (Lipinski definition) is 4. The standard InChI is InChI=1S/C18H19NO3/c1-11-5-7-15(9-12(11)2)17(20)14(4)22-18(21)16-8-6-13(3)19-10-16/h5-10,14H,1-4H3. The molecule has 0 saturated carbocycles. The number of benzene rings is 1. The van der Waals surface area contributed by atoms with Gasteiger partial charge in [0.15, 0.2) is 6.10 Å². The van der Waals surface area contributed by atoms with E-state index >= 15 is 0 Å². The number of rotatable bonds is 4. The number of carbonyl (C=O) groups excluding carboxylic acids is 2. The fraction of sp³-hybridized carbons (Fsp3) is 0.278. The Bertz CT molecular complexity index is 705. The number of aromatic nitrogens is 1. The minimum absolute atomic E-state index is 0.212. The van der Waals surface area contributed by atoms with Crippen molar-refractivity contribution >= 4 is 11.8 Å². The van der Waals surface area contributed by atoms with Crippen LogP contribution < -0.4 is 0 Å². The molecule has 0 bridgehead atoms. The normalized spacial score (nSPS) is 11.8. The van der Waals surface area contributed by atoms with Gasteiger partial charge in [-0.3, -0.25) is 9.78 Å². The first-order chi connectivity index (χ1) is 10.4. The molecule has 1 aromatic carbocycles. The van der Waals surface area contributed by atoms with Crippen LogP contribution >= 0.6 is 0 Å². The second-order valence-electron chi connectivity index (χ2n) is 5.40. The number of ether oxygens (including phenoxy) is 1. The SMILES string of the molecule is Cc1ccc(C(=O)OC(C)C(=O)c2ccc(C)c(C)c2)cn1. The Morgan fingerprint density at radius 3 is 2.27 bits per heavy atom. The van der Waals surface area contributed by atoms with E-state index in [1.807, 2.05) is 32.9 Å². The van der Waals surface area contributed by atoms with Gasteiger partial charge in [0.2, 0.25) is 5.78 Å². The van der Waals surface area contributed by atoms with Gasteiger partial charge in [0.1, 0.15) is 0 Å². The second kappa shape index (κ2) is 6.52. The van der Waals surface area contributed by atoms with E-state index in [1.165, 1.54) is 6.20 Å². The first-order valence-electron chi connectivity index (χ1n) is 7.13. The molecule has 4 heteroatoms. The minimum Gasteiger partial charge on any atom is -0.451 e. The Kier molecular flexibility index (Phi) is 4.71. The van der Waals surface area contributed by atoms with Gasteiger partial charge in [0, 0.05) is 17.5 Å². The Morgan fingerprint density at radius 2 is 1.68 bits per heavy atom. The van der Waals surface area contributed by atoms with E-state index in [4.69, 9.17) is 4.74 Å². The first-order valence-corrected chi connectivity index (χ1v) is 7.13. The molecule has 2 rings (SSSR count). The summed E-state index contributed by atoms with van der Waals surface area (Å²) >= 11 is 0. The molecule has 0 radical (unpaired) electrons. The number of carbonyl (C=O) groups is 2. The van der Waals surface area contributed by atoms with Crippen molar-refractivity contribution < 1.29 is 14.3 Å². The average molecular weight is 297 g/mol. The van der Waals surface area contributed by atoms with E-state index in [0.717, 1.165) is 16.8 Å². The van der Waals surface area contributed by atoms with Gasteiger partial charge < -0.3 is 4.74 Å². The Morgan fingerprint density at radius 1 is 1.00 bits per heavy atom. The van der Waals surface area contributed by atoms with Crippen molar-refractivity contribution in [3.63, 3.8) is 0 Å². The van der Waals surface area contributed by atoms with Gasteiger partial charge >= 0.3 is 5.97 Å². The number of ketones is 1. The quantitative estimate of drug-likeness (QED) is 0.641. The predicted molar refractivity (Wildman–Crippen MR) is 84.1 cm³/mol. The predicted octanol–water partition coefficient (Wildman–Crippen LogP) is 3.44. The van der Waals surface area contributed by atoms with E-state index in [-0.39, 0.29) is 5.78 Å². The highest BCUT2D eigenvalue weighted by Gasteiger charge is 2.20. The molecule has 1 heterocycles. The lowest BCUT2D eigenvalue weighted by molar-refractivity contribution is 0.0318. The molecule has 1 atom stereocenters. The molecule has 0 N–H and O–H groups in total. The molecule has 0 aliphatic heterocycles. The molecule has 0 spiro atoms. The first kappa shape index (κ1) is 15.9. The van der Waals surface area contributed by atoms with E-state index in [9.17, 15) is 9.59 Å². The number of hydrogen-bond donors (Lipinski definition) is 0. The van der Waals surface area contributed by atoms with Gasteiger partial charge in [-0.2, -0.15) is 0 Å². The van der Waals surface area contributed by atoms with E-state index in [1.54, 1.807) is 25.1 Å². The lowest BCUT2D eigenvalue weighted by atomic mass is 10.0. The van der Waals surface area contributed by atoms with Gasteiger partial charge in [-0.05, 0) is 57.0 Å². The summed E-state index contributed by atoms with van der Waals surface area (Å²) in [6.45, 7) is 7.34. The zero-order valence-corrected chi connectivity index (χ0v) is 13.2. The maximum atomic E-state index is 12.3. The van der Waals surface area contributed by atoms with Crippen LogP contribution in [0.3, 0.4) is 0 Å². The van der Waals surface area contributed by atoms with Gasteiger partial charge in [-0.1, -0.05) is 12.1 Å². The number of aryl methyl sites for hydroxylation is 3. The van der Waals surface area contributed by atoms with Crippen molar-refractivity contribution in [1.82, 2.24) is 4.98 Å². The van der Waals surface area contributed by atoms with Gasteiger partial charge in [-0.15, -0.1) is 0 Å². The van der Waals surface area contributed by atoms with Crippen molar-refractivity contribution in [3.05, 3.63) is 64.5 Å². The third-order valence-electron chi connectivity index (χ3n) is 3.59. The van der Waals surface area contributed by atoms with Gasteiger partial charge in [-0.25, -0.2) is 4.79 Å². The highest BCUT2D eigenvalue weighted by Crippen LogP contribution is 2.14. The second-order valence-corrected chi connectivity index (χ2v) is 5.40. The van der Waals surface area contributed by atoms with Crippen LogP contribution in [0.25, 0.3) is 0 Å². The Hall–Kier alpha value is -2.49. The molecule has 0 aliphatic carbocycles. The van der Waals surface area contributed by atoms with Crippen LogP contribution in [0.5, 0.6) is 0 Å². The molecule has 114 valence electrons. The smallest absolute Gasteiger partial charge is 0.340 e. The summed E-state index contributed by atoms with van der Waals surface area (Å²) in [5.41, 5.74) is 3.85. The van der Waals surface area contributed by atoms with Crippen molar-refractivity contribution in [2.24, 2.45) is 0 Å². The zero-order chi connectivity index (χ0) is 16.3. The Balaban J connectivity index is 2.09. The fourth-order valence-corrected chi connectivity index (χ4v) is 2.00. The van der Waals surface area contributed by atoms with Crippen LogP contribution in [-0.2, 0) is 4.74 Å². The number of esters is 1. The van der Waals surface area contributed by atoms with Crippen LogP contribution in [0.1, 0.15) is 44.5 Å². The zero-order valence-electron chi connectivity index (χ0n) is 13.2. The highest BCUT2D eigenvalue weighted by atomic mass is 16.5. The summed E-state index contributed by atoms with van der Waals surface area (Å²) in [6, 6.07) is 8.82. The van der Waals surface area contributed by atoms with E-state index in [2.05, 4.69) is 4.98 Å². The van der Waals surface area contributed by atoms with E-state index < -0.39 is 12.1 Å². The summed E-state index contributed by atoms with van der Waals surface area (Å²) in [5.74, 6) is -0.756. The molecule has 0 aliphatic rings. The molecule has 0 saturated heterocycles. The molecule has 1 aromatic heterocycles. The van der Waals surface area contributed by atoms with Crippen LogP contribution in [0, 0.1) is 20.8 Å². The molecule has 2 aromatic rings. The minimum atomic E-state index is -0.837. The lowest BCUT2D eigenvalue weighted by Crippen LogP contribution is -2.24. The van der Waals surface area contributed by atoms with Gasteiger partial charge in [0.25, 0.3) is 0 Å². The largest absolute Gasteiger partial charge is 0.451 e. The summed E-state index contributed by atoms with van der Waals surface area (Å²) < 4.78 is 5.23. The van der Waals surface area contributed by atoms with Crippen LogP contribution in [-0.4, -0.2) is 22.8 Å². The summed E-state index contributed by atoms with van der Waals surface area (Å²) in [7, 11) is 0. The van der Waals surface area contributed by atoms with Gasteiger partial charge in [0.05, 0.1) is 5.56 Å². The molecular weight excluding hydrogens is 278 g/mol. The average Bonchev–Trinajstić information content (AvgIpc) is 2.49. The van der Waals surface area contributed by atoms with Crippen LogP contribution in [0.2, 0.25) is 0 Å². The molecule has 22 heavy (non-hydrogen) atoms. The third-order valence-corrected chi connectivity index (χ3v) is 3.59. The maximum Gasteiger partial charge on any atom is 0.340 e. The van der Waals surface area contributed by atoms with Crippen molar-refractivity contribution in [2.75, 3.05) is 0 Å². The summed E-state index contributed by atoms with van der Waals surface area (Å²) in [6.07, 6.45) is 0.612. The van der Waals surface area contributed by atoms with Crippen LogP contribution in [0.15, 0.2) is 36.5 Å². The highest BCUT2D eigenvalue weighted by molar-refractivity contribution is 6.01. The third kappa shape index (κ3) is 3.58. The monoisotopic (exact) mass is 297 g/mol. The molecule has 4 nitrogen and oxygen atoms in total. The Labute approximate surface area is 130 Å². The lowest BCUT2D eigenvalue weighted by Gasteiger charge is -2.13. The number of nitrogens with zero attached hydrogens (tertiary/aromatic N) is 1. The van der Waals surface area contributed by atoms with E-state index in [0.29, 0.717) is 11.1 Å². The summed E-state index contributed by atoms with van der Waals surface area (Å²) in [5, 5.41) is 0. The molecule has 0 amide bonds. The molecule has 0 fully saturated rings.